The van der Waals surface area contributed by atoms with Crippen molar-refractivity contribution in [1.82, 2.24) is 0 Å². The lowest BCUT2D eigenvalue weighted by atomic mass is 9.81. The Morgan fingerprint density at radius 2 is 2.33 bits per heavy atom. The van der Waals surface area contributed by atoms with E-state index in [1.807, 2.05) is 12.1 Å². The van der Waals surface area contributed by atoms with Crippen molar-refractivity contribution in [1.29, 1.82) is 0 Å². The summed E-state index contributed by atoms with van der Waals surface area (Å²) in [6.07, 6.45) is 2.77. The average Bonchev–Trinajstić information content (AvgIpc) is 2.29. The molecule has 1 atom stereocenters. The summed E-state index contributed by atoms with van der Waals surface area (Å²) in [4.78, 5) is 11.0. The van der Waals surface area contributed by atoms with Gasteiger partial charge < -0.3 is 14.6 Å². The van der Waals surface area contributed by atoms with E-state index in [0.717, 1.165) is 23.8 Å². The fourth-order valence-electron chi connectivity index (χ4n) is 2.12. The molecule has 80 valence electrons. The Labute approximate surface area is 88.7 Å². The molecule has 3 heteroatoms. The molecule has 0 heterocycles. The Bertz CT molecular complexity index is 386. The van der Waals surface area contributed by atoms with Gasteiger partial charge in [-0.1, -0.05) is 12.1 Å². The van der Waals surface area contributed by atoms with Gasteiger partial charge in [0.05, 0.1) is 0 Å². The summed E-state index contributed by atoms with van der Waals surface area (Å²) in [7, 11) is 1.54. The fraction of sp³-hybridized carbons (Fsp3) is 0.417. The van der Waals surface area contributed by atoms with Gasteiger partial charge in [-0.3, -0.25) is 0 Å². The van der Waals surface area contributed by atoms with Gasteiger partial charge in [-0.05, 0) is 24.5 Å². The number of phenolic OH excluding ortho intramolecular Hbond substituents is 1. The summed E-state index contributed by atoms with van der Waals surface area (Å²) in [5.41, 5.74) is 1.22. The standard InChI is InChI=1S/C12H14O3/c1-15-12(8-13)6-5-9-3-2-4-11(14)10(9)7-12/h2-4,8,14H,5-7H2,1H3. The SMILES string of the molecule is COC1(C=O)CCc2cccc(O)c2C1. The van der Waals surface area contributed by atoms with E-state index < -0.39 is 5.60 Å². The first kappa shape index (κ1) is 10.2. The zero-order valence-electron chi connectivity index (χ0n) is 8.69. The summed E-state index contributed by atoms with van der Waals surface area (Å²) >= 11 is 0. The average molecular weight is 206 g/mol. The zero-order valence-corrected chi connectivity index (χ0v) is 8.69. The van der Waals surface area contributed by atoms with E-state index in [1.54, 1.807) is 13.2 Å². The summed E-state index contributed by atoms with van der Waals surface area (Å²) in [6.45, 7) is 0. The Hall–Kier alpha value is -1.35. The van der Waals surface area contributed by atoms with Crippen LogP contribution in [0.3, 0.4) is 0 Å². The van der Waals surface area contributed by atoms with Crippen molar-refractivity contribution in [3.05, 3.63) is 29.3 Å². The van der Waals surface area contributed by atoms with Crippen LogP contribution in [-0.4, -0.2) is 24.1 Å². The van der Waals surface area contributed by atoms with E-state index in [-0.39, 0.29) is 5.75 Å². The van der Waals surface area contributed by atoms with Gasteiger partial charge in [0.25, 0.3) is 0 Å². The normalized spacial score (nSPS) is 24.6. The maximum atomic E-state index is 11.0. The zero-order chi connectivity index (χ0) is 10.9. The molecule has 0 saturated carbocycles. The Balaban J connectivity index is 2.40. The van der Waals surface area contributed by atoms with E-state index in [0.29, 0.717) is 12.8 Å². The number of benzene rings is 1. The molecule has 0 fully saturated rings. The van der Waals surface area contributed by atoms with Crippen molar-refractivity contribution in [2.75, 3.05) is 7.11 Å². The monoisotopic (exact) mass is 206 g/mol. The number of rotatable bonds is 2. The first-order valence-corrected chi connectivity index (χ1v) is 5.02. The largest absolute Gasteiger partial charge is 0.508 e. The number of hydrogen-bond acceptors (Lipinski definition) is 3. The van der Waals surface area contributed by atoms with Crippen LogP contribution in [0.5, 0.6) is 5.75 Å². The van der Waals surface area contributed by atoms with Crippen molar-refractivity contribution < 1.29 is 14.6 Å². The highest BCUT2D eigenvalue weighted by Crippen LogP contribution is 2.34. The molecule has 1 aromatic carbocycles. The van der Waals surface area contributed by atoms with Gasteiger partial charge in [0.2, 0.25) is 0 Å². The molecular weight excluding hydrogens is 192 g/mol. The number of aryl methyl sites for hydroxylation is 1. The van der Waals surface area contributed by atoms with Gasteiger partial charge in [0, 0.05) is 19.1 Å². The molecule has 1 aromatic rings. The summed E-state index contributed by atoms with van der Waals surface area (Å²) < 4.78 is 5.26. The Morgan fingerprint density at radius 3 is 3.00 bits per heavy atom. The van der Waals surface area contributed by atoms with Gasteiger partial charge in [-0.2, -0.15) is 0 Å². The van der Waals surface area contributed by atoms with Crippen LogP contribution < -0.4 is 0 Å². The third-order valence-electron chi connectivity index (χ3n) is 3.16. The van der Waals surface area contributed by atoms with Gasteiger partial charge in [-0.15, -0.1) is 0 Å². The molecule has 0 amide bonds. The van der Waals surface area contributed by atoms with Gasteiger partial charge in [0.15, 0.2) is 6.29 Å². The third kappa shape index (κ3) is 1.63. The number of aromatic hydroxyl groups is 1. The maximum Gasteiger partial charge on any atom is 0.152 e. The lowest BCUT2D eigenvalue weighted by Crippen LogP contribution is -2.39. The number of carbonyl (C=O) groups excluding carboxylic acids is 1. The molecule has 0 spiro atoms. The van der Waals surface area contributed by atoms with Crippen molar-refractivity contribution >= 4 is 6.29 Å². The predicted molar refractivity (Wildman–Crippen MR) is 55.9 cm³/mol. The highest BCUT2D eigenvalue weighted by Gasteiger charge is 2.35. The molecule has 0 saturated heterocycles. The van der Waals surface area contributed by atoms with Crippen molar-refractivity contribution in [3.8, 4) is 5.75 Å². The van der Waals surface area contributed by atoms with Gasteiger partial charge in [-0.25, -0.2) is 0 Å². The van der Waals surface area contributed by atoms with Crippen molar-refractivity contribution in [3.63, 3.8) is 0 Å². The fourth-order valence-corrected chi connectivity index (χ4v) is 2.12. The molecule has 1 N–H and O–H groups in total. The van der Waals surface area contributed by atoms with E-state index in [9.17, 15) is 9.90 Å². The van der Waals surface area contributed by atoms with Crippen LogP contribution in [0.4, 0.5) is 0 Å². The lowest BCUT2D eigenvalue weighted by molar-refractivity contribution is -0.128. The second-order valence-corrected chi connectivity index (χ2v) is 3.98. The summed E-state index contributed by atoms with van der Waals surface area (Å²) in [5.74, 6) is 0.260. The number of fused-ring (bicyclic) bond motifs is 1. The second kappa shape index (κ2) is 3.66. The molecule has 0 radical (unpaired) electrons. The number of methoxy groups -OCH3 is 1. The molecule has 0 aliphatic heterocycles. The minimum atomic E-state index is -0.744. The molecule has 0 bridgehead atoms. The molecule has 1 unspecified atom stereocenters. The third-order valence-corrected chi connectivity index (χ3v) is 3.16. The molecule has 1 aliphatic rings. The van der Waals surface area contributed by atoms with E-state index in [2.05, 4.69) is 0 Å². The number of ether oxygens (including phenoxy) is 1. The molecular formula is C12H14O3. The summed E-state index contributed by atoms with van der Waals surface area (Å²) in [5, 5.41) is 9.71. The highest BCUT2D eigenvalue weighted by molar-refractivity contribution is 5.65. The number of aldehydes is 1. The predicted octanol–water partition coefficient (Wildman–Crippen LogP) is 1.47. The van der Waals surface area contributed by atoms with Crippen LogP contribution in [0, 0.1) is 0 Å². The minimum absolute atomic E-state index is 0.260. The molecule has 0 aromatic heterocycles. The number of hydrogen-bond donors (Lipinski definition) is 1. The smallest absolute Gasteiger partial charge is 0.152 e. The van der Waals surface area contributed by atoms with E-state index in [4.69, 9.17) is 4.74 Å². The van der Waals surface area contributed by atoms with Crippen LogP contribution >= 0.6 is 0 Å². The van der Waals surface area contributed by atoms with E-state index >= 15 is 0 Å². The Morgan fingerprint density at radius 1 is 1.53 bits per heavy atom. The van der Waals surface area contributed by atoms with Crippen LogP contribution in [0.1, 0.15) is 17.5 Å². The minimum Gasteiger partial charge on any atom is -0.508 e. The number of carbonyl (C=O) groups is 1. The molecule has 15 heavy (non-hydrogen) atoms. The van der Waals surface area contributed by atoms with E-state index in [1.165, 1.54) is 0 Å². The van der Waals surface area contributed by atoms with Crippen molar-refractivity contribution in [2.24, 2.45) is 0 Å². The van der Waals surface area contributed by atoms with Crippen LogP contribution in [0.2, 0.25) is 0 Å². The van der Waals surface area contributed by atoms with Gasteiger partial charge >= 0.3 is 0 Å². The summed E-state index contributed by atoms with van der Waals surface area (Å²) in [6, 6.07) is 5.46. The second-order valence-electron chi connectivity index (χ2n) is 3.98. The van der Waals surface area contributed by atoms with Crippen LogP contribution in [-0.2, 0) is 22.4 Å². The molecule has 2 rings (SSSR count). The van der Waals surface area contributed by atoms with Crippen LogP contribution in [0.15, 0.2) is 18.2 Å². The first-order valence-electron chi connectivity index (χ1n) is 5.02. The topological polar surface area (TPSA) is 46.5 Å². The van der Waals surface area contributed by atoms with Crippen LogP contribution in [0.25, 0.3) is 0 Å². The van der Waals surface area contributed by atoms with Crippen molar-refractivity contribution in [2.45, 2.75) is 24.9 Å². The molecule has 1 aliphatic carbocycles. The maximum absolute atomic E-state index is 11.0. The number of phenols is 1. The lowest BCUT2D eigenvalue weighted by Gasteiger charge is -2.32. The highest BCUT2D eigenvalue weighted by atomic mass is 16.5. The first-order chi connectivity index (χ1) is 7.21. The molecule has 3 nitrogen and oxygen atoms in total. The Kier molecular flexibility index (Phi) is 2.49. The quantitative estimate of drug-likeness (QED) is 0.745. The van der Waals surface area contributed by atoms with Gasteiger partial charge in [0.1, 0.15) is 11.4 Å².